The van der Waals surface area contributed by atoms with Gasteiger partial charge in [0.25, 0.3) is 5.91 Å². The van der Waals surface area contributed by atoms with Crippen LogP contribution in [-0.2, 0) is 13.5 Å². The summed E-state index contributed by atoms with van der Waals surface area (Å²) in [5.74, 6) is -0.000161. The molecule has 0 N–H and O–H groups in total. The van der Waals surface area contributed by atoms with Crippen LogP contribution in [0.3, 0.4) is 0 Å². The molecule has 2 heterocycles. The summed E-state index contributed by atoms with van der Waals surface area (Å²) in [7, 11) is 1.82. The van der Waals surface area contributed by atoms with Gasteiger partial charge in [0.15, 0.2) is 5.69 Å². The summed E-state index contributed by atoms with van der Waals surface area (Å²) in [6.45, 7) is 4.26. The number of aromatic nitrogens is 2. The maximum atomic E-state index is 12.5. The number of benzene rings is 1. The minimum atomic E-state index is -0.000161. The molecule has 0 atom stereocenters. The first kappa shape index (κ1) is 17.5. The molecule has 0 bridgehead atoms. The molecule has 1 aromatic carbocycles. The van der Waals surface area contributed by atoms with Crippen LogP contribution >= 0.6 is 27.5 Å². The van der Waals surface area contributed by atoms with Gasteiger partial charge in [-0.15, -0.1) is 0 Å². The van der Waals surface area contributed by atoms with Gasteiger partial charge in [-0.1, -0.05) is 23.7 Å². The molecule has 1 aromatic heterocycles. The monoisotopic (exact) mass is 410 g/mol. The number of nitrogens with zero attached hydrogens (tertiary/aromatic N) is 4. The zero-order valence-electron chi connectivity index (χ0n) is 13.6. The molecule has 2 aromatic rings. The number of carbonyl (C=O) groups excluding carboxylic acids is 1. The minimum Gasteiger partial charge on any atom is -0.335 e. The Balaban J connectivity index is 1.49. The van der Waals surface area contributed by atoms with Crippen molar-refractivity contribution in [2.24, 2.45) is 7.05 Å². The average molecular weight is 412 g/mol. The van der Waals surface area contributed by atoms with Crippen LogP contribution in [0.5, 0.6) is 0 Å². The Bertz CT molecular complexity index is 708. The van der Waals surface area contributed by atoms with Crippen LogP contribution in [0, 0.1) is 0 Å². The Morgan fingerprint density at radius 2 is 1.88 bits per heavy atom. The highest BCUT2D eigenvalue weighted by atomic mass is 79.9. The van der Waals surface area contributed by atoms with E-state index in [4.69, 9.17) is 11.6 Å². The van der Waals surface area contributed by atoms with Gasteiger partial charge >= 0.3 is 0 Å². The lowest BCUT2D eigenvalue weighted by atomic mass is 10.1. The Morgan fingerprint density at radius 1 is 1.21 bits per heavy atom. The Hall–Kier alpha value is -1.37. The van der Waals surface area contributed by atoms with Gasteiger partial charge in [-0.25, -0.2) is 0 Å². The summed E-state index contributed by atoms with van der Waals surface area (Å²) in [5, 5.41) is 5.01. The Kier molecular flexibility index (Phi) is 5.58. The van der Waals surface area contributed by atoms with Crippen molar-refractivity contribution in [3.05, 3.63) is 51.2 Å². The lowest BCUT2D eigenvalue weighted by molar-refractivity contribution is 0.0631. The molecule has 0 saturated carbocycles. The Morgan fingerprint density at radius 3 is 2.46 bits per heavy atom. The van der Waals surface area contributed by atoms with E-state index in [1.165, 1.54) is 5.56 Å². The van der Waals surface area contributed by atoms with Crippen molar-refractivity contribution >= 4 is 33.4 Å². The van der Waals surface area contributed by atoms with Crippen molar-refractivity contribution in [2.75, 3.05) is 32.7 Å². The first-order valence-corrected chi connectivity index (χ1v) is 9.15. The van der Waals surface area contributed by atoms with E-state index in [1.807, 2.05) is 24.1 Å². The number of rotatable bonds is 4. The van der Waals surface area contributed by atoms with E-state index in [2.05, 4.69) is 38.1 Å². The molecule has 1 aliphatic rings. The molecule has 1 fully saturated rings. The van der Waals surface area contributed by atoms with Gasteiger partial charge in [-0.05, 0) is 40.0 Å². The molecular formula is C17H20BrClN4O. The highest BCUT2D eigenvalue weighted by Crippen LogP contribution is 2.17. The van der Waals surface area contributed by atoms with Crippen molar-refractivity contribution in [2.45, 2.75) is 6.42 Å². The largest absolute Gasteiger partial charge is 0.335 e. The first-order chi connectivity index (χ1) is 11.5. The summed E-state index contributed by atoms with van der Waals surface area (Å²) in [6.07, 6.45) is 2.80. The summed E-state index contributed by atoms with van der Waals surface area (Å²) >= 11 is 9.31. The van der Waals surface area contributed by atoms with Gasteiger partial charge in [0.05, 0.1) is 4.47 Å². The summed E-state index contributed by atoms with van der Waals surface area (Å²) in [4.78, 5) is 16.8. The predicted molar refractivity (Wildman–Crippen MR) is 98.4 cm³/mol. The highest BCUT2D eigenvalue weighted by molar-refractivity contribution is 9.10. The number of carbonyl (C=O) groups is 1. The van der Waals surface area contributed by atoms with E-state index in [0.717, 1.165) is 48.6 Å². The van der Waals surface area contributed by atoms with E-state index in [1.54, 1.807) is 10.9 Å². The molecule has 5 nitrogen and oxygen atoms in total. The van der Waals surface area contributed by atoms with Gasteiger partial charge in [-0.2, -0.15) is 5.10 Å². The van der Waals surface area contributed by atoms with Gasteiger partial charge < -0.3 is 4.90 Å². The van der Waals surface area contributed by atoms with Crippen molar-refractivity contribution in [3.8, 4) is 0 Å². The van der Waals surface area contributed by atoms with Gasteiger partial charge in [0.1, 0.15) is 0 Å². The van der Waals surface area contributed by atoms with E-state index in [-0.39, 0.29) is 5.91 Å². The van der Waals surface area contributed by atoms with E-state index >= 15 is 0 Å². The van der Waals surface area contributed by atoms with Crippen molar-refractivity contribution < 1.29 is 4.79 Å². The maximum Gasteiger partial charge on any atom is 0.275 e. The number of hydrogen-bond acceptors (Lipinski definition) is 3. The molecule has 0 aliphatic carbocycles. The fraction of sp³-hybridized carbons (Fsp3) is 0.412. The lowest BCUT2D eigenvalue weighted by Crippen LogP contribution is -2.49. The molecule has 24 heavy (non-hydrogen) atoms. The Labute approximate surface area is 155 Å². The molecule has 1 amide bonds. The molecule has 1 saturated heterocycles. The third-order valence-electron chi connectivity index (χ3n) is 4.28. The summed E-state index contributed by atoms with van der Waals surface area (Å²) < 4.78 is 2.40. The van der Waals surface area contributed by atoms with E-state index in [0.29, 0.717) is 5.69 Å². The highest BCUT2D eigenvalue weighted by Gasteiger charge is 2.25. The van der Waals surface area contributed by atoms with E-state index < -0.39 is 0 Å². The van der Waals surface area contributed by atoms with Crippen LogP contribution in [0.25, 0.3) is 0 Å². The zero-order chi connectivity index (χ0) is 17.1. The van der Waals surface area contributed by atoms with Gasteiger partial charge in [-0.3, -0.25) is 14.4 Å². The molecule has 7 heteroatoms. The number of hydrogen-bond donors (Lipinski definition) is 0. The van der Waals surface area contributed by atoms with Crippen LogP contribution in [0.2, 0.25) is 5.02 Å². The minimum absolute atomic E-state index is 0.000161. The normalized spacial score (nSPS) is 15.7. The van der Waals surface area contributed by atoms with E-state index in [9.17, 15) is 4.79 Å². The first-order valence-electron chi connectivity index (χ1n) is 7.98. The molecule has 0 radical (unpaired) electrons. The molecule has 3 rings (SSSR count). The van der Waals surface area contributed by atoms with Crippen LogP contribution < -0.4 is 0 Å². The van der Waals surface area contributed by atoms with Gasteiger partial charge in [0.2, 0.25) is 0 Å². The van der Waals surface area contributed by atoms with Gasteiger partial charge in [0, 0.05) is 51.0 Å². The SMILES string of the molecule is Cn1cc(Br)c(C(=O)N2CCN(CCc3ccc(Cl)cc3)CC2)n1. The smallest absolute Gasteiger partial charge is 0.275 e. The summed E-state index contributed by atoms with van der Waals surface area (Å²) in [5.41, 5.74) is 1.78. The van der Waals surface area contributed by atoms with Crippen molar-refractivity contribution in [1.29, 1.82) is 0 Å². The van der Waals surface area contributed by atoms with Crippen molar-refractivity contribution in [1.82, 2.24) is 19.6 Å². The standard InChI is InChI=1S/C17H20BrClN4O/c1-21-12-15(18)16(20-21)17(24)23-10-8-22(9-11-23)7-6-13-2-4-14(19)5-3-13/h2-5,12H,6-11H2,1H3. The van der Waals surface area contributed by atoms with Crippen molar-refractivity contribution in [3.63, 3.8) is 0 Å². The third-order valence-corrected chi connectivity index (χ3v) is 5.11. The number of amides is 1. The second kappa shape index (κ2) is 7.68. The number of piperazine rings is 1. The predicted octanol–water partition coefficient (Wildman–Crippen LogP) is 2.84. The molecule has 128 valence electrons. The van der Waals surface area contributed by atoms with Crippen LogP contribution in [0.1, 0.15) is 16.1 Å². The lowest BCUT2D eigenvalue weighted by Gasteiger charge is -2.34. The molecule has 0 unspecified atom stereocenters. The summed E-state index contributed by atoms with van der Waals surface area (Å²) in [6, 6.07) is 8.00. The molecular weight excluding hydrogens is 392 g/mol. The second-order valence-corrected chi connectivity index (χ2v) is 7.30. The topological polar surface area (TPSA) is 41.4 Å². The average Bonchev–Trinajstić information content (AvgIpc) is 2.92. The number of halogens is 2. The quantitative estimate of drug-likeness (QED) is 0.777. The molecule has 1 aliphatic heterocycles. The van der Waals surface area contributed by atoms with Crippen LogP contribution in [0.4, 0.5) is 0 Å². The second-order valence-electron chi connectivity index (χ2n) is 6.01. The fourth-order valence-electron chi connectivity index (χ4n) is 2.87. The van der Waals surface area contributed by atoms with Crippen LogP contribution in [-0.4, -0.2) is 58.2 Å². The molecule has 0 spiro atoms. The number of aryl methyl sites for hydroxylation is 1. The maximum absolute atomic E-state index is 12.5. The third kappa shape index (κ3) is 4.18. The fourth-order valence-corrected chi connectivity index (χ4v) is 3.54. The zero-order valence-corrected chi connectivity index (χ0v) is 15.9. The van der Waals surface area contributed by atoms with Crippen LogP contribution in [0.15, 0.2) is 34.9 Å².